The summed E-state index contributed by atoms with van der Waals surface area (Å²) in [4.78, 5) is 17.0. The van der Waals surface area contributed by atoms with Crippen LogP contribution in [0.5, 0.6) is 5.75 Å². The number of amides is 1. The Morgan fingerprint density at radius 1 is 1.43 bits per heavy atom. The number of carbonyl (C=O) groups is 1. The van der Waals surface area contributed by atoms with Crippen molar-refractivity contribution < 1.29 is 9.53 Å². The maximum absolute atomic E-state index is 10.9. The highest BCUT2D eigenvalue weighted by Crippen LogP contribution is 2.40. The number of carbonyl (C=O) groups excluding carboxylic acids is 1. The quantitative estimate of drug-likeness (QED) is 0.659. The van der Waals surface area contributed by atoms with Crippen molar-refractivity contribution in [2.45, 2.75) is 32.9 Å². The molecule has 3 aromatic rings. The Kier molecular flexibility index (Phi) is 5.10. The minimum atomic E-state index is -0.375. The van der Waals surface area contributed by atoms with Crippen LogP contribution in [0.15, 0.2) is 24.5 Å². The second-order valence-electron chi connectivity index (χ2n) is 6.95. The number of primary amides is 1. The fraction of sp³-hybridized carbons (Fsp3) is 0.368. The molecule has 28 heavy (non-hydrogen) atoms. The van der Waals surface area contributed by atoms with Crippen molar-refractivity contribution in [3.05, 3.63) is 35.0 Å². The molecule has 1 aromatic carbocycles. The zero-order valence-corrected chi connectivity index (χ0v) is 16.6. The van der Waals surface area contributed by atoms with Crippen LogP contribution in [0.3, 0.4) is 0 Å². The number of hydrogen-bond donors (Lipinski definition) is 2. The number of nitrogens with zero attached hydrogens (tertiary/aromatic N) is 4. The molecule has 146 valence electrons. The minimum absolute atomic E-state index is 0.147. The van der Waals surface area contributed by atoms with E-state index >= 15 is 0 Å². The molecule has 1 aliphatic rings. The summed E-state index contributed by atoms with van der Waals surface area (Å²) >= 11 is 1.64. The van der Waals surface area contributed by atoms with Crippen molar-refractivity contribution in [2.75, 3.05) is 13.2 Å². The van der Waals surface area contributed by atoms with Gasteiger partial charge in [-0.05, 0) is 31.5 Å². The Balaban J connectivity index is 1.66. The molecule has 0 atom stereocenters. The third-order valence-electron chi connectivity index (χ3n) is 4.53. The van der Waals surface area contributed by atoms with Gasteiger partial charge in [0.05, 0.1) is 18.8 Å². The summed E-state index contributed by atoms with van der Waals surface area (Å²) in [6, 6.07) is 6.30. The maximum Gasteiger partial charge on any atom is 0.231 e. The number of nitrogens with one attached hydrogen (secondary N) is 1. The molecule has 0 fully saturated rings. The number of fused-ring (bicyclic) bond motifs is 3. The zero-order chi connectivity index (χ0) is 19.7. The van der Waals surface area contributed by atoms with E-state index in [2.05, 4.69) is 29.4 Å². The molecule has 0 unspecified atom stereocenters. The molecule has 3 heterocycles. The molecule has 2 aromatic heterocycles. The second kappa shape index (κ2) is 7.69. The zero-order valence-electron chi connectivity index (χ0n) is 15.8. The highest BCUT2D eigenvalue weighted by molar-refractivity contribution is 7.15. The summed E-state index contributed by atoms with van der Waals surface area (Å²) in [5.74, 6) is 1.22. The normalized spacial score (nSPS) is 13.0. The van der Waals surface area contributed by atoms with Crippen molar-refractivity contribution in [3.8, 4) is 27.8 Å². The number of rotatable bonds is 6. The number of ether oxygens (including phenoxy) is 1. The molecular weight excluding hydrogens is 376 g/mol. The van der Waals surface area contributed by atoms with Crippen molar-refractivity contribution in [2.24, 2.45) is 5.73 Å². The third kappa shape index (κ3) is 3.63. The third-order valence-corrected chi connectivity index (χ3v) is 5.65. The smallest absolute Gasteiger partial charge is 0.231 e. The molecule has 0 aliphatic carbocycles. The first kappa shape index (κ1) is 18.6. The van der Waals surface area contributed by atoms with Gasteiger partial charge in [-0.2, -0.15) is 0 Å². The Morgan fingerprint density at radius 2 is 2.29 bits per heavy atom. The summed E-state index contributed by atoms with van der Waals surface area (Å²) < 4.78 is 7.99. The van der Waals surface area contributed by atoms with Gasteiger partial charge >= 0.3 is 0 Å². The molecule has 4 rings (SSSR count). The van der Waals surface area contributed by atoms with Crippen LogP contribution < -0.4 is 15.8 Å². The molecule has 1 aliphatic heterocycles. The molecule has 0 saturated heterocycles. The van der Waals surface area contributed by atoms with Gasteiger partial charge in [0.25, 0.3) is 0 Å². The van der Waals surface area contributed by atoms with Gasteiger partial charge in [0, 0.05) is 29.4 Å². The largest absolute Gasteiger partial charge is 0.492 e. The van der Waals surface area contributed by atoms with E-state index in [0.717, 1.165) is 39.8 Å². The van der Waals surface area contributed by atoms with E-state index in [1.54, 1.807) is 17.7 Å². The van der Waals surface area contributed by atoms with E-state index in [9.17, 15) is 4.79 Å². The lowest BCUT2D eigenvalue weighted by molar-refractivity contribution is -0.117. The average molecular weight is 398 g/mol. The van der Waals surface area contributed by atoms with Crippen LogP contribution in [0.1, 0.15) is 30.3 Å². The van der Waals surface area contributed by atoms with Gasteiger partial charge in [-0.1, -0.05) is 6.07 Å². The highest BCUT2D eigenvalue weighted by atomic mass is 32.1. The van der Waals surface area contributed by atoms with Gasteiger partial charge in [-0.3, -0.25) is 4.79 Å². The van der Waals surface area contributed by atoms with Crippen LogP contribution in [-0.4, -0.2) is 38.8 Å². The van der Waals surface area contributed by atoms with Crippen LogP contribution in [0.4, 0.5) is 0 Å². The van der Waals surface area contributed by atoms with Gasteiger partial charge in [-0.25, -0.2) is 4.98 Å². The molecule has 1 amide bonds. The molecule has 0 radical (unpaired) electrons. The number of benzene rings is 1. The fourth-order valence-electron chi connectivity index (χ4n) is 3.18. The SMILES string of the molecule is CC(C)n1cnnc1-c1nc2c(s1)CCOc1cc(CNCC(N)=O)ccc1-2. The summed E-state index contributed by atoms with van der Waals surface area (Å²) in [5.41, 5.74) is 8.12. The lowest BCUT2D eigenvalue weighted by Gasteiger charge is -2.10. The van der Waals surface area contributed by atoms with Gasteiger partial charge in [0.15, 0.2) is 10.8 Å². The number of thiazole rings is 1. The van der Waals surface area contributed by atoms with Crippen molar-refractivity contribution >= 4 is 17.2 Å². The van der Waals surface area contributed by atoms with E-state index < -0.39 is 0 Å². The van der Waals surface area contributed by atoms with Crippen LogP contribution >= 0.6 is 11.3 Å². The number of aromatic nitrogens is 4. The first-order valence-electron chi connectivity index (χ1n) is 9.17. The number of hydrogen-bond acceptors (Lipinski definition) is 7. The molecule has 0 spiro atoms. The molecule has 0 saturated carbocycles. The number of nitrogens with two attached hydrogens (primary N) is 1. The Bertz CT molecular complexity index is 1010. The Labute approximate surface area is 166 Å². The first-order valence-corrected chi connectivity index (χ1v) is 9.99. The van der Waals surface area contributed by atoms with Crippen molar-refractivity contribution in [1.82, 2.24) is 25.1 Å². The lowest BCUT2D eigenvalue weighted by atomic mass is 10.1. The molecule has 8 nitrogen and oxygen atoms in total. The van der Waals surface area contributed by atoms with Crippen LogP contribution in [0, 0.1) is 0 Å². The van der Waals surface area contributed by atoms with Crippen LogP contribution in [0.25, 0.3) is 22.1 Å². The van der Waals surface area contributed by atoms with Gasteiger partial charge in [-0.15, -0.1) is 21.5 Å². The molecular formula is C19H22N6O2S. The molecule has 9 heteroatoms. The predicted octanol–water partition coefficient (Wildman–Crippen LogP) is 2.16. The predicted molar refractivity (Wildman–Crippen MR) is 107 cm³/mol. The minimum Gasteiger partial charge on any atom is -0.492 e. The maximum atomic E-state index is 10.9. The summed E-state index contributed by atoms with van der Waals surface area (Å²) in [6.07, 6.45) is 2.54. The van der Waals surface area contributed by atoms with Crippen LogP contribution in [-0.2, 0) is 17.8 Å². The van der Waals surface area contributed by atoms with Crippen molar-refractivity contribution in [1.29, 1.82) is 0 Å². The average Bonchev–Trinajstić information content (AvgIpc) is 3.26. The van der Waals surface area contributed by atoms with E-state index in [4.69, 9.17) is 15.5 Å². The van der Waals surface area contributed by atoms with Gasteiger partial charge in [0.2, 0.25) is 5.91 Å². The monoisotopic (exact) mass is 398 g/mol. The second-order valence-corrected chi connectivity index (χ2v) is 8.03. The van der Waals surface area contributed by atoms with E-state index in [0.29, 0.717) is 13.2 Å². The van der Waals surface area contributed by atoms with E-state index in [1.807, 2.05) is 22.8 Å². The van der Waals surface area contributed by atoms with Gasteiger partial charge in [0.1, 0.15) is 12.1 Å². The standard InChI is InChI=1S/C19H22N6O2S/c1-11(2)25-10-22-24-18(25)19-23-17-13-4-3-12(8-21-9-16(20)26)7-14(13)27-6-5-15(17)28-19/h3-4,7,10-11,21H,5-6,8-9H2,1-2H3,(H2,20,26). The summed E-state index contributed by atoms with van der Waals surface area (Å²) in [5, 5.41) is 12.2. The summed E-state index contributed by atoms with van der Waals surface area (Å²) in [7, 11) is 0. The van der Waals surface area contributed by atoms with Crippen molar-refractivity contribution in [3.63, 3.8) is 0 Å². The topological polar surface area (TPSA) is 108 Å². The molecule has 0 bridgehead atoms. The highest BCUT2D eigenvalue weighted by Gasteiger charge is 2.23. The van der Waals surface area contributed by atoms with Crippen LogP contribution in [0.2, 0.25) is 0 Å². The summed E-state index contributed by atoms with van der Waals surface area (Å²) in [6.45, 7) is 5.49. The van der Waals surface area contributed by atoms with E-state index in [-0.39, 0.29) is 18.5 Å². The van der Waals surface area contributed by atoms with E-state index in [1.165, 1.54) is 4.88 Å². The fourth-order valence-corrected chi connectivity index (χ4v) is 4.22. The Morgan fingerprint density at radius 3 is 3.07 bits per heavy atom. The molecule has 3 N–H and O–H groups in total. The van der Waals surface area contributed by atoms with Gasteiger partial charge < -0.3 is 20.4 Å². The Hall–Kier alpha value is -2.78. The lowest BCUT2D eigenvalue weighted by Crippen LogP contribution is -2.28. The first-order chi connectivity index (χ1) is 13.5.